The van der Waals surface area contributed by atoms with E-state index in [1.54, 1.807) is 11.8 Å². The van der Waals surface area contributed by atoms with Crippen LogP contribution in [0.2, 0.25) is 0 Å². The fourth-order valence-electron chi connectivity index (χ4n) is 3.00. The molecule has 1 aliphatic rings. The average Bonchev–Trinajstić information content (AvgIpc) is 2.65. The Kier molecular flexibility index (Phi) is 6.36. The highest BCUT2D eigenvalue weighted by Gasteiger charge is 2.13. The maximum Gasteiger partial charge on any atom is 0.238 e. The second-order valence-corrected chi connectivity index (χ2v) is 7.20. The summed E-state index contributed by atoms with van der Waals surface area (Å²) in [6.45, 7) is 2.55. The maximum atomic E-state index is 12.1. The van der Waals surface area contributed by atoms with Gasteiger partial charge in [-0.15, -0.1) is 11.8 Å². The maximum absolute atomic E-state index is 12.1. The summed E-state index contributed by atoms with van der Waals surface area (Å²) in [6.07, 6.45) is 5.75. The molecule has 0 bridgehead atoms. The predicted molar refractivity (Wildman–Crippen MR) is 107 cm³/mol. The lowest BCUT2D eigenvalue weighted by Gasteiger charge is -2.25. The van der Waals surface area contributed by atoms with E-state index in [9.17, 15) is 4.79 Å². The van der Waals surface area contributed by atoms with E-state index in [4.69, 9.17) is 0 Å². The summed E-state index contributed by atoms with van der Waals surface area (Å²) < 4.78 is 0. The van der Waals surface area contributed by atoms with Crippen LogP contribution >= 0.6 is 11.8 Å². The van der Waals surface area contributed by atoms with Crippen LogP contribution in [0.15, 0.2) is 53.4 Å². The van der Waals surface area contributed by atoms with Crippen molar-refractivity contribution in [3.8, 4) is 0 Å². The van der Waals surface area contributed by atoms with E-state index in [1.165, 1.54) is 24.2 Å². The highest BCUT2D eigenvalue weighted by atomic mass is 32.2. The number of nitrogens with zero attached hydrogens (tertiary/aromatic N) is 1. The third kappa shape index (κ3) is 5.51. The first-order valence-electron chi connectivity index (χ1n) is 8.76. The Hall–Kier alpha value is -1.98. The molecule has 2 N–H and O–H groups in total. The van der Waals surface area contributed by atoms with Crippen LogP contribution in [0.4, 0.5) is 17.1 Å². The zero-order valence-electron chi connectivity index (χ0n) is 14.6. The lowest BCUT2D eigenvalue weighted by atomic mass is 10.1. The fraction of sp³-hybridized carbons (Fsp3) is 0.350. The van der Waals surface area contributed by atoms with Gasteiger partial charge in [-0.2, -0.15) is 0 Å². The molecule has 1 aliphatic heterocycles. The van der Waals surface area contributed by atoms with Crippen LogP contribution < -0.4 is 10.6 Å². The molecule has 1 fully saturated rings. The van der Waals surface area contributed by atoms with Crippen LogP contribution in [0.3, 0.4) is 0 Å². The lowest BCUT2D eigenvalue weighted by molar-refractivity contribution is -0.117. The van der Waals surface area contributed by atoms with Crippen molar-refractivity contribution in [1.82, 2.24) is 4.90 Å². The Bertz CT molecular complexity index is 679. The van der Waals surface area contributed by atoms with Gasteiger partial charge in [0, 0.05) is 22.0 Å². The Morgan fingerprint density at radius 1 is 0.920 bits per heavy atom. The largest absolute Gasteiger partial charge is 0.356 e. The number of hydrogen-bond acceptors (Lipinski definition) is 4. The third-order valence-corrected chi connectivity index (χ3v) is 5.11. The number of carbonyl (C=O) groups excluding carboxylic acids is 1. The highest BCUT2D eigenvalue weighted by molar-refractivity contribution is 7.98. The number of hydrogen-bond donors (Lipinski definition) is 2. The summed E-state index contributed by atoms with van der Waals surface area (Å²) >= 11 is 1.73. The van der Waals surface area contributed by atoms with Gasteiger partial charge in [0.15, 0.2) is 0 Å². The first kappa shape index (κ1) is 17.8. The van der Waals surface area contributed by atoms with Gasteiger partial charge in [-0.3, -0.25) is 9.69 Å². The normalized spacial score (nSPS) is 14.9. The smallest absolute Gasteiger partial charge is 0.238 e. The van der Waals surface area contributed by atoms with Crippen molar-refractivity contribution in [3.63, 3.8) is 0 Å². The van der Waals surface area contributed by atoms with Crippen LogP contribution in [0.1, 0.15) is 19.3 Å². The minimum absolute atomic E-state index is 0.0651. The van der Waals surface area contributed by atoms with E-state index in [1.807, 2.05) is 24.3 Å². The van der Waals surface area contributed by atoms with Gasteiger partial charge in [0.25, 0.3) is 0 Å². The summed E-state index contributed by atoms with van der Waals surface area (Å²) in [6, 6.07) is 16.2. The van der Waals surface area contributed by atoms with Crippen LogP contribution in [0.25, 0.3) is 0 Å². The molecule has 1 heterocycles. The number of rotatable bonds is 6. The number of likely N-dealkylation sites (tertiary alicyclic amines) is 1. The molecule has 0 unspecified atom stereocenters. The van der Waals surface area contributed by atoms with Crippen LogP contribution in [-0.2, 0) is 4.79 Å². The molecule has 0 saturated carbocycles. The molecule has 132 valence electrons. The zero-order chi connectivity index (χ0) is 17.5. The van der Waals surface area contributed by atoms with Crippen LogP contribution in [-0.4, -0.2) is 36.7 Å². The molecule has 0 radical (unpaired) electrons. The molecule has 0 spiro atoms. The summed E-state index contributed by atoms with van der Waals surface area (Å²) in [5.41, 5.74) is 2.90. The lowest BCUT2D eigenvalue weighted by Crippen LogP contribution is -2.36. The van der Waals surface area contributed by atoms with Gasteiger partial charge in [0.05, 0.1) is 6.54 Å². The number of anilines is 3. The van der Waals surface area contributed by atoms with E-state index in [2.05, 4.69) is 46.1 Å². The third-order valence-electron chi connectivity index (χ3n) is 4.36. The van der Waals surface area contributed by atoms with Gasteiger partial charge in [0.1, 0.15) is 0 Å². The van der Waals surface area contributed by atoms with Crippen LogP contribution in [0.5, 0.6) is 0 Å². The molecule has 25 heavy (non-hydrogen) atoms. The monoisotopic (exact) mass is 355 g/mol. The molecule has 5 heteroatoms. The summed E-state index contributed by atoms with van der Waals surface area (Å²) in [5, 5.41) is 6.36. The molecule has 1 amide bonds. The minimum atomic E-state index is 0.0651. The zero-order valence-corrected chi connectivity index (χ0v) is 15.4. The second kappa shape index (κ2) is 8.92. The number of amides is 1. The molecule has 0 aliphatic carbocycles. The van der Waals surface area contributed by atoms with Gasteiger partial charge < -0.3 is 10.6 Å². The van der Waals surface area contributed by atoms with Crippen molar-refractivity contribution >= 4 is 34.7 Å². The van der Waals surface area contributed by atoms with Gasteiger partial charge >= 0.3 is 0 Å². The van der Waals surface area contributed by atoms with E-state index >= 15 is 0 Å². The van der Waals surface area contributed by atoms with Gasteiger partial charge in [-0.05, 0) is 80.7 Å². The SMILES string of the molecule is CSc1ccc(Nc2ccc(NC(=O)CN3CCCCC3)cc2)cc1. The molecule has 0 aromatic heterocycles. The van der Waals surface area contributed by atoms with E-state index in [0.29, 0.717) is 6.54 Å². The van der Waals surface area contributed by atoms with Crippen LogP contribution in [0, 0.1) is 0 Å². The second-order valence-electron chi connectivity index (χ2n) is 6.32. The molecule has 2 aromatic rings. The number of piperidine rings is 1. The molecule has 2 aromatic carbocycles. The van der Waals surface area contributed by atoms with Gasteiger partial charge in [0.2, 0.25) is 5.91 Å². The predicted octanol–water partition coefficient (Wildman–Crippen LogP) is 4.58. The van der Waals surface area contributed by atoms with Crippen molar-refractivity contribution in [2.24, 2.45) is 0 Å². The first-order chi connectivity index (χ1) is 12.2. The topological polar surface area (TPSA) is 44.4 Å². The number of benzene rings is 2. The number of carbonyl (C=O) groups is 1. The Morgan fingerprint density at radius 3 is 2.08 bits per heavy atom. The van der Waals surface area contributed by atoms with Crippen molar-refractivity contribution in [2.75, 3.05) is 36.5 Å². The Morgan fingerprint density at radius 2 is 1.48 bits per heavy atom. The molecule has 0 atom stereocenters. The number of thioether (sulfide) groups is 1. The summed E-state index contributed by atoms with van der Waals surface area (Å²) in [5.74, 6) is 0.0651. The summed E-state index contributed by atoms with van der Waals surface area (Å²) in [4.78, 5) is 15.6. The molecule has 3 rings (SSSR count). The molecule has 4 nitrogen and oxygen atoms in total. The molecular formula is C20H25N3OS. The van der Waals surface area contributed by atoms with Crippen molar-refractivity contribution in [1.29, 1.82) is 0 Å². The minimum Gasteiger partial charge on any atom is -0.356 e. The number of nitrogens with one attached hydrogen (secondary N) is 2. The molecule has 1 saturated heterocycles. The highest BCUT2D eigenvalue weighted by Crippen LogP contribution is 2.22. The Labute approximate surface area is 154 Å². The molecular weight excluding hydrogens is 330 g/mol. The fourth-order valence-corrected chi connectivity index (χ4v) is 3.41. The van der Waals surface area contributed by atoms with Crippen molar-refractivity contribution < 1.29 is 4.79 Å². The van der Waals surface area contributed by atoms with Gasteiger partial charge in [-0.1, -0.05) is 6.42 Å². The standard InChI is InChI=1S/C20H25N3OS/c1-25-19-11-9-17(10-12-19)21-16-5-7-18(8-6-16)22-20(24)15-23-13-3-2-4-14-23/h5-12,21H,2-4,13-15H2,1H3,(H,22,24). The first-order valence-corrected chi connectivity index (χ1v) is 9.99. The van der Waals surface area contributed by atoms with Crippen molar-refractivity contribution in [3.05, 3.63) is 48.5 Å². The van der Waals surface area contributed by atoms with E-state index < -0.39 is 0 Å². The van der Waals surface area contributed by atoms with E-state index in [0.717, 1.165) is 30.2 Å². The average molecular weight is 356 g/mol. The van der Waals surface area contributed by atoms with E-state index in [-0.39, 0.29) is 5.91 Å². The van der Waals surface area contributed by atoms with Crippen molar-refractivity contribution in [2.45, 2.75) is 24.2 Å². The summed E-state index contributed by atoms with van der Waals surface area (Å²) in [7, 11) is 0. The Balaban J connectivity index is 1.51. The quantitative estimate of drug-likeness (QED) is 0.745. The van der Waals surface area contributed by atoms with Gasteiger partial charge in [-0.25, -0.2) is 0 Å².